The zero-order valence-electron chi connectivity index (χ0n) is 20.9. The molecule has 2 aromatic carbocycles. The van der Waals surface area contributed by atoms with Gasteiger partial charge in [-0.2, -0.15) is 5.10 Å². The fourth-order valence-corrected chi connectivity index (χ4v) is 4.41. The number of amidine groups is 1. The van der Waals surface area contributed by atoms with Crippen LogP contribution in [-0.4, -0.2) is 63.7 Å². The maximum Gasteiger partial charge on any atom is 0.269 e. The Morgan fingerprint density at radius 2 is 2.08 bits per heavy atom. The van der Waals surface area contributed by atoms with Gasteiger partial charge in [-0.15, -0.1) is 0 Å². The van der Waals surface area contributed by atoms with Crippen molar-refractivity contribution >= 4 is 58.5 Å². The fourth-order valence-electron chi connectivity index (χ4n) is 4.23. The van der Waals surface area contributed by atoms with Crippen LogP contribution < -0.4 is 11.1 Å². The number of hydrogen-bond acceptors (Lipinski definition) is 5. The van der Waals surface area contributed by atoms with Crippen LogP contribution in [-0.2, 0) is 16.1 Å². The van der Waals surface area contributed by atoms with Gasteiger partial charge < -0.3 is 16.0 Å². The van der Waals surface area contributed by atoms with Crippen LogP contribution in [0.3, 0.4) is 0 Å². The third kappa shape index (κ3) is 5.89. The Morgan fingerprint density at radius 3 is 2.77 bits per heavy atom. The standard InChI is InChI=1S/C27H22ClF2N7O3/c1-3-33-22(32-2)10-8-15-7-9-20-17(11-15)25(26(31)39)35-37(20)14-23(38)36-13-16(29)12-21(36)27(40)34-19-6-4-5-18(28)24(19)30/h3-7,9,11,16,21H,1-2,12-14H2,(H2,31,39)(H,34,40)/t16-,21+/m1/s1. The number of alkyl halides is 1. The van der Waals surface area contributed by atoms with Crippen molar-refractivity contribution in [3.8, 4) is 11.8 Å². The molecule has 10 nitrogen and oxygen atoms in total. The van der Waals surface area contributed by atoms with Crippen molar-refractivity contribution in [2.45, 2.75) is 25.2 Å². The van der Waals surface area contributed by atoms with Gasteiger partial charge in [0.1, 0.15) is 18.8 Å². The molecule has 0 aliphatic carbocycles. The average molecular weight is 566 g/mol. The number of nitrogens with one attached hydrogen (secondary N) is 1. The number of halogens is 3. The minimum absolute atomic E-state index is 0.108. The number of anilines is 1. The van der Waals surface area contributed by atoms with Crippen molar-refractivity contribution < 1.29 is 23.2 Å². The Bertz CT molecular complexity index is 1640. The smallest absolute Gasteiger partial charge is 0.269 e. The first-order chi connectivity index (χ1) is 19.1. The number of primary amides is 1. The maximum atomic E-state index is 14.4. The van der Waals surface area contributed by atoms with Gasteiger partial charge in [0.05, 0.1) is 22.8 Å². The number of carbonyl (C=O) groups is 3. The Morgan fingerprint density at radius 1 is 1.30 bits per heavy atom. The van der Waals surface area contributed by atoms with Crippen LogP contribution in [0.4, 0.5) is 14.5 Å². The van der Waals surface area contributed by atoms with Crippen molar-refractivity contribution in [1.82, 2.24) is 14.7 Å². The predicted octanol–water partition coefficient (Wildman–Crippen LogP) is 3.10. The highest BCUT2D eigenvalue weighted by Crippen LogP contribution is 2.26. The molecule has 3 amide bonds. The van der Waals surface area contributed by atoms with Crippen LogP contribution >= 0.6 is 11.6 Å². The van der Waals surface area contributed by atoms with Gasteiger partial charge in [-0.25, -0.2) is 18.8 Å². The second-order valence-corrected chi connectivity index (χ2v) is 9.04. The van der Waals surface area contributed by atoms with Gasteiger partial charge in [0.15, 0.2) is 11.5 Å². The van der Waals surface area contributed by atoms with Gasteiger partial charge in [0.25, 0.3) is 5.91 Å². The highest BCUT2D eigenvalue weighted by atomic mass is 35.5. The molecule has 40 heavy (non-hydrogen) atoms. The summed E-state index contributed by atoms with van der Waals surface area (Å²) in [5.74, 6) is 2.59. The lowest BCUT2D eigenvalue weighted by molar-refractivity contribution is -0.137. The van der Waals surface area contributed by atoms with Gasteiger partial charge >= 0.3 is 0 Å². The molecule has 0 unspecified atom stereocenters. The SMILES string of the molecule is C=CN=C(C#Cc1ccc2c(c1)c(C(N)=O)nn2CC(=O)N1C[C@H](F)C[C@H]1C(=O)Nc1cccc(Cl)c1F)N=C. The number of benzene rings is 2. The van der Waals surface area contributed by atoms with Gasteiger partial charge in [-0.3, -0.25) is 19.1 Å². The van der Waals surface area contributed by atoms with Crippen LogP contribution in [0.1, 0.15) is 22.5 Å². The zero-order chi connectivity index (χ0) is 29.0. The molecule has 3 aromatic rings. The van der Waals surface area contributed by atoms with Gasteiger partial charge in [-0.05, 0) is 43.0 Å². The summed E-state index contributed by atoms with van der Waals surface area (Å²) in [6.45, 7) is 6.09. The quantitative estimate of drug-likeness (QED) is 0.270. The van der Waals surface area contributed by atoms with Crippen LogP contribution in [0.2, 0.25) is 5.02 Å². The second kappa shape index (κ2) is 11.9. The number of nitrogens with two attached hydrogens (primary N) is 1. The molecule has 1 saturated heterocycles. The lowest BCUT2D eigenvalue weighted by Crippen LogP contribution is -2.44. The average Bonchev–Trinajstić information content (AvgIpc) is 3.49. The van der Waals surface area contributed by atoms with E-state index in [1.165, 1.54) is 29.1 Å². The number of carbonyl (C=O) groups excluding carboxylic acids is 3. The Balaban J connectivity index is 1.60. The first kappa shape index (κ1) is 28.1. The fraction of sp³-hybridized carbons (Fsp3) is 0.185. The van der Waals surface area contributed by atoms with Crippen LogP contribution in [0.5, 0.6) is 0 Å². The van der Waals surface area contributed by atoms with E-state index in [2.05, 4.69) is 45.5 Å². The summed E-state index contributed by atoms with van der Waals surface area (Å²) in [6, 6.07) is 7.63. The second-order valence-electron chi connectivity index (χ2n) is 8.63. The van der Waals surface area contributed by atoms with Crippen LogP contribution in [0.15, 0.2) is 59.2 Å². The van der Waals surface area contributed by atoms with Gasteiger partial charge in [-0.1, -0.05) is 30.2 Å². The van der Waals surface area contributed by atoms with E-state index in [0.717, 1.165) is 4.90 Å². The van der Waals surface area contributed by atoms with E-state index >= 15 is 0 Å². The molecule has 1 aliphatic heterocycles. The lowest BCUT2D eigenvalue weighted by Gasteiger charge is -2.24. The highest BCUT2D eigenvalue weighted by molar-refractivity contribution is 6.31. The minimum atomic E-state index is -1.47. The van der Waals surface area contributed by atoms with E-state index in [-0.39, 0.29) is 35.2 Å². The molecule has 0 radical (unpaired) electrons. The molecule has 4 rings (SSSR count). The topological polar surface area (TPSA) is 135 Å². The summed E-state index contributed by atoms with van der Waals surface area (Å²) in [5, 5.41) is 6.68. The number of aromatic nitrogens is 2. The molecule has 1 aliphatic rings. The van der Waals surface area contributed by atoms with Crippen molar-refractivity contribution in [1.29, 1.82) is 0 Å². The summed E-state index contributed by atoms with van der Waals surface area (Å²) in [5.41, 5.74) is 6.07. The Kier molecular flexibility index (Phi) is 8.35. The predicted molar refractivity (Wildman–Crippen MR) is 147 cm³/mol. The van der Waals surface area contributed by atoms with Crippen LogP contribution in [0.25, 0.3) is 10.9 Å². The normalized spacial score (nSPS) is 16.8. The summed E-state index contributed by atoms with van der Waals surface area (Å²) < 4.78 is 29.9. The third-order valence-corrected chi connectivity index (χ3v) is 6.33. The summed E-state index contributed by atoms with van der Waals surface area (Å²) in [4.78, 5) is 46.9. The van der Waals surface area contributed by atoms with E-state index < -0.39 is 42.3 Å². The number of hydrogen-bond donors (Lipinski definition) is 2. The largest absolute Gasteiger partial charge is 0.364 e. The number of likely N-dealkylation sites (tertiary alicyclic amines) is 1. The molecule has 13 heteroatoms. The lowest BCUT2D eigenvalue weighted by atomic mass is 10.1. The molecule has 0 bridgehead atoms. The number of amides is 3. The molecule has 1 fully saturated rings. The number of nitrogens with zero attached hydrogens (tertiary/aromatic N) is 5. The maximum absolute atomic E-state index is 14.4. The molecule has 204 valence electrons. The summed E-state index contributed by atoms with van der Waals surface area (Å²) in [6.07, 6.45) is -0.478. The molecule has 2 atom stereocenters. The Hall–Kier alpha value is -4.89. The first-order valence-electron chi connectivity index (χ1n) is 11.8. The number of aliphatic imine (C=N–C) groups is 2. The van der Waals surface area contributed by atoms with E-state index in [0.29, 0.717) is 16.5 Å². The monoisotopic (exact) mass is 565 g/mol. The van der Waals surface area contributed by atoms with Crippen LogP contribution in [0, 0.1) is 17.7 Å². The summed E-state index contributed by atoms with van der Waals surface area (Å²) >= 11 is 5.77. The molecule has 0 saturated carbocycles. The minimum Gasteiger partial charge on any atom is -0.364 e. The molecule has 0 spiro atoms. The van der Waals surface area contributed by atoms with E-state index in [1.54, 1.807) is 18.2 Å². The number of fused-ring (bicyclic) bond motifs is 1. The first-order valence-corrected chi connectivity index (χ1v) is 12.2. The molecular formula is C27H22ClF2N7O3. The highest BCUT2D eigenvalue weighted by Gasteiger charge is 2.40. The summed E-state index contributed by atoms with van der Waals surface area (Å²) in [7, 11) is 0. The van der Waals surface area contributed by atoms with E-state index in [9.17, 15) is 23.2 Å². The zero-order valence-corrected chi connectivity index (χ0v) is 21.7. The molecule has 2 heterocycles. The van der Waals surface area contributed by atoms with Crippen molar-refractivity contribution in [3.63, 3.8) is 0 Å². The van der Waals surface area contributed by atoms with E-state index in [4.69, 9.17) is 17.3 Å². The van der Waals surface area contributed by atoms with Gasteiger partial charge in [0.2, 0.25) is 17.6 Å². The van der Waals surface area contributed by atoms with Crippen molar-refractivity contribution in [3.05, 3.63) is 71.3 Å². The third-order valence-electron chi connectivity index (χ3n) is 6.03. The van der Waals surface area contributed by atoms with E-state index in [1.807, 2.05) is 0 Å². The molecular weight excluding hydrogens is 544 g/mol. The van der Waals surface area contributed by atoms with Crippen molar-refractivity contribution in [2.24, 2.45) is 15.7 Å². The molecule has 3 N–H and O–H groups in total. The van der Waals surface area contributed by atoms with Gasteiger partial charge in [0, 0.05) is 23.6 Å². The molecule has 1 aromatic heterocycles. The Labute approximate surface area is 232 Å². The number of rotatable bonds is 6. The van der Waals surface area contributed by atoms with Crippen molar-refractivity contribution in [2.75, 3.05) is 11.9 Å².